The largest absolute Gasteiger partial charge is 0.453 e. The molecule has 1 aliphatic heterocycles. The van der Waals surface area contributed by atoms with E-state index in [2.05, 4.69) is 15.0 Å². The minimum atomic E-state index is -0.670. The van der Waals surface area contributed by atoms with Crippen molar-refractivity contribution in [2.24, 2.45) is 4.99 Å². The smallest absolute Gasteiger partial charge is 0.413 e. The average Bonchev–Trinajstić information content (AvgIpc) is 2.81. The van der Waals surface area contributed by atoms with Gasteiger partial charge in [-0.25, -0.2) is 13.6 Å². The van der Waals surface area contributed by atoms with Crippen molar-refractivity contribution in [3.63, 3.8) is 0 Å². The van der Waals surface area contributed by atoms with Gasteiger partial charge in [-0.15, -0.1) is 0 Å². The molecule has 1 unspecified atom stereocenters. The number of carbonyl (C=O) groups excluding carboxylic acids is 1. The molecule has 0 saturated heterocycles. The molecule has 1 atom stereocenters. The average molecular weight is 283 g/mol. The van der Waals surface area contributed by atoms with Crippen molar-refractivity contribution in [2.45, 2.75) is 13.0 Å². The van der Waals surface area contributed by atoms with Crippen LogP contribution in [0.4, 0.5) is 13.6 Å². The third kappa shape index (κ3) is 2.56. The van der Waals surface area contributed by atoms with Crippen LogP contribution in [0.5, 0.6) is 0 Å². The Bertz CT molecular complexity index is 528. The van der Waals surface area contributed by atoms with Crippen molar-refractivity contribution in [2.75, 3.05) is 20.2 Å². The second-order valence-corrected chi connectivity index (χ2v) is 4.22. The number of hydrogen-bond donors (Lipinski definition) is 1. The molecule has 0 fully saturated rings. The topological polar surface area (TPSA) is 53.9 Å². The van der Waals surface area contributed by atoms with Crippen LogP contribution >= 0.6 is 0 Å². The van der Waals surface area contributed by atoms with Crippen LogP contribution in [0.15, 0.2) is 23.2 Å². The Kier molecular flexibility index (Phi) is 4.16. The molecular formula is C13H15F2N3O2. The molecule has 0 saturated carbocycles. The van der Waals surface area contributed by atoms with E-state index in [9.17, 15) is 13.6 Å². The molecule has 5 nitrogen and oxygen atoms in total. The van der Waals surface area contributed by atoms with Crippen LogP contribution in [0.1, 0.15) is 18.5 Å². The Morgan fingerprint density at radius 2 is 2.15 bits per heavy atom. The summed E-state index contributed by atoms with van der Waals surface area (Å²) in [5.74, 6) is -0.988. The van der Waals surface area contributed by atoms with Gasteiger partial charge in [-0.05, 0) is 19.1 Å². The molecule has 1 heterocycles. The summed E-state index contributed by atoms with van der Waals surface area (Å²) in [7, 11) is 1.23. The number of ether oxygens (including phenoxy) is 1. The minimum absolute atomic E-state index is 0.0419. The van der Waals surface area contributed by atoms with Gasteiger partial charge in [-0.1, -0.05) is 6.07 Å². The number of benzene rings is 1. The lowest BCUT2D eigenvalue weighted by Crippen LogP contribution is -2.42. The van der Waals surface area contributed by atoms with Crippen LogP contribution in [-0.2, 0) is 4.74 Å². The molecule has 2 rings (SSSR count). The maximum atomic E-state index is 13.8. The number of carbonyl (C=O) groups is 1. The number of nitrogens with one attached hydrogen (secondary N) is 1. The lowest BCUT2D eigenvalue weighted by Gasteiger charge is -2.27. The molecule has 108 valence electrons. The van der Waals surface area contributed by atoms with Gasteiger partial charge in [0.25, 0.3) is 0 Å². The summed E-state index contributed by atoms with van der Waals surface area (Å²) in [5, 5.41) is 2.44. The molecule has 0 spiro atoms. The number of alkyl carbamates (subject to hydrolysis) is 1. The van der Waals surface area contributed by atoms with E-state index in [-0.39, 0.29) is 18.1 Å². The highest BCUT2D eigenvalue weighted by Gasteiger charge is 2.32. The fraction of sp³-hybridized carbons (Fsp3) is 0.385. The molecule has 1 aliphatic rings. The molecule has 0 aromatic heterocycles. The van der Waals surface area contributed by atoms with Gasteiger partial charge in [-0.3, -0.25) is 10.3 Å². The molecule has 7 heteroatoms. The number of aliphatic imine (C=N–C) groups is 1. The number of nitrogens with zero attached hydrogens (tertiary/aromatic N) is 2. The van der Waals surface area contributed by atoms with Gasteiger partial charge in [0.1, 0.15) is 11.6 Å². The highest BCUT2D eigenvalue weighted by Crippen LogP contribution is 2.29. The van der Waals surface area contributed by atoms with Gasteiger partial charge < -0.3 is 9.64 Å². The van der Waals surface area contributed by atoms with E-state index >= 15 is 0 Å². The monoisotopic (exact) mass is 283 g/mol. The van der Waals surface area contributed by atoms with Gasteiger partial charge in [-0.2, -0.15) is 0 Å². The molecule has 1 aromatic carbocycles. The Morgan fingerprint density at radius 3 is 2.70 bits per heavy atom. The van der Waals surface area contributed by atoms with Crippen molar-refractivity contribution in [3.05, 3.63) is 35.4 Å². The van der Waals surface area contributed by atoms with Crippen LogP contribution in [0.3, 0.4) is 0 Å². The maximum absolute atomic E-state index is 13.8. The van der Waals surface area contributed by atoms with E-state index < -0.39 is 23.8 Å². The van der Waals surface area contributed by atoms with Crippen molar-refractivity contribution in [3.8, 4) is 0 Å². The third-order valence-electron chi connectivity index (χ3n) is 3.14. The summed E-state index contributed by atoms with van der Waals surface area (Å²) in [5.41, 5.74) is -0.0419. The number of halogens is 2. The second-order valence-electron chi connectivity index (χ2n) is 4.22. The van der Waals surface area contributed by atoms with Crippen LogP contribution in [0.25, 0.3) is 0 Å². The zero-order chi connectivity index (χ0) is 14.7. The molecule has 0 bridgehead atoms. The first-order valence-electron chi connectivity index (χ1n) is 6.18. The van der Waals surface area contributed by atoms with Gasteiger partial charge in [0.05, 0.1) is 19.7 Å². The third-order valence-corrected chi connectivity index (χ3v) is 3.14. The van der Waals surface area contributed by atoms with E-state index in [1.165, 1.54) is 25.3 Å². The fourth-order valence-electron chi connectivity index (χ4n) is 2.21. The predicted octanol–water partition coefficient (Wildman–Crippen LogP) is 2.05. The highest BCUT2D eigenvalue weighted by molar-refractivity contribution is 5.95. The van der Waals surface area contributed by atoms with Crippen molar-refractivity contribution >= 4 is 12.1 Å². The molecule has 0 radical (unpaired) electrons. The molecule has 1 aromatic rings. The van der Waals surface area contributed by atoms with E-state index in [1.54, 1.807) is 4.90 Å². The van der Waals surface area contributed by atoms with Gasteiger partial charge >= 0.3 is 6.09 Å². The number of rotatable bonds is 2. The maximum Gasteiger partial charge on any atom is 0.413 e. The first-order valence-corrected chi connectivity index (χ1v) is 6.18. The van der Waals surface area contributed by atoms with Crippen molar-refractivity contribution in [1.29, 1.82) is 0 Å². The first-order chi connectivity index (χ1) is 9.58. The zero-order valence-corrected chi connectivity index (χ0v) is 11.2. The quantitative estimate of drug-likeness (QED) is 0.904. The number of likely N-dealkylation sites (N-methyl/N-ethyl adjacent to an activating group) is 1. The summed E-state index contributed by atoms with van der Waals surface area (Å²) < 4.78 is 32.2. The standard InChI is InChI=1S/C13H15F2N3O2/c1-3-18-10(7-16-12(18)17-13(19)20-2)11-8(14)5-4-6-9(11)15/h4-6,10H,3,7H2,1-2H3,(H,16,17,19). The summed E-state index contributed by atoms with van der Waals surface area (Å²) in [4.78, 5) is 17.0. The number of amides is 1. The number of guanidine groups is 1. The van der Waals surface area contributed by atoms with Crippen molar-refractivity contribution < 1.29 is 18.3 Å². The lowest BCUT2D eigenvalue weighted by atomic mass is 10.0. The molecule has 20 heavy (non-hydrogen) atoms. The summed E-state index contributed by atoms with van der Waals surface area (Å²) in [6.45, 7) is 2.43. The van der Waals surface area contributed by atoms with E-state index in [4.69, 9.17) is 0 Å². The molecule has 0 aliphatic carbocycles. The lowest BCUT2D eigenvalue weighted by molar-refractivity contribution is 0.175. The summed E-state index contributed by atoms with van der Waals surface area (Å²) >= 11 is 0. The number of methoxy groups -OCH3 is 1. The van der Waals surface area contributed by atoms with E-state index in [0.29, 0.717) is 6.54 Å². The van der Waals surface area contributed by atoms with Gasteiger partial charge in [0.2, 0.25) is 5.96 Å². The minimum Gasteiger partial charge on any atom is -0.453 e. The Morgan fingerprint density at radius 1 is 1.50 bits per heavy atom. The predicted molar refractivity (Wildman–Crippen MR) is 69.3 cm³/mol. The SMILES string of the molecule is CCN1C(NC(=O)OC)=NCC1c1c(F)cccc1F. The van der Waals surface area contributed by atoms with Crippen LogP contribution in [0, 0.1) is 11.6 Å². The van der Waals surface area contributed by atoms with Crippen molar-refractivity contribution in [1.82, 2.24) is 10.2 Å². The van der Waals surface area contributed by atoms with Crippen LogP contribution in [0.2, 0.25) is 0 Å². The Hall–Kier alpha value is -2.18. The van der Waals surface area contributed by atoms with Gasteiger partial charge in [0.15, 0.2) is 0 Å². The van der Waals surface area contributed by atoms with E-state index in [1.807, 2.05) is 6.92 Å². The van der Waals surface area contributed by atoms with Gasteiger partial charge in [0, 0.05) is 12.1 Å². The summed E-state index contributed by atoms with van der Waals surface area (Å²) in [6, 6.07) is 3.15. The fourth-order valence-corrected chi connectivity index (χ4v) is 2.21. The first kappa shape index (κ1) is 14.2. The van der Waals surface area contributed by atoms with Crippen LogP contribution < -0.4 is 5.32 Å². The normalized spacial score (nSPS) is 17.9. The Labute approximate surface area is 115 Å². The Balaban J connectivity index is 2.26. The van der Waals surface area contributed by atoms with E-state index in [0.717, 1.165) is 0 Å². The molecule has 1 N–H and O–H groups in total. The zero-order valence-electron chi connectivity index (χ0n) is 11.2. The second kappa shape index (κ2) is 5.85. The molecular weight excluding hydrogens is 268 g/mol. The molecule has 1 amide bonds. The van der Waals surface area contributed by atoms with Crippen LogP contribution in [-0.4, -0.2) is 37.2 Å². The highest BCUT2D eigenvalue weighted by atomic mass is 19.1. The summed E-state index contributed by atoms with van der Waals surface area (Å²) in [6.07, 6.45) is -0.670. The number of hydrogen-bond acceptors (Lipinski definition) is 4.